The van der Waals surface area contributed by atoms with Gasteiger partial charge in [-0.1, -0.05) is 0 Å². The van der Waals surface area contributed by atoms with Crippen molar-refractivity contribution in [2.45, 2.75) is 50.8 Å². The van der Waals surface area contributed by atoms with Crippen LogP contribution in [0, 0.1) is 0 Å². The third-order valence-corrected chi connectivity index (χ3v) is 4.93. The van der Waals surface area contributed by atoms with Crippen LogP contribution in [0.15, 0.2) is 18.2 Å². The van der Waals surface area contributed by atoms with Crippen molar-refractivity contribution >= 4 is 29.2 Å². The zero-order chi connectivity index (χ0) is 17.6. The van der Waals surface area contributed by atoms with Gasteiger partial charge in [0.05, 0.1) is 16.9 Å². The molecule has 1 saturated heterocycles. The molecule has 2 aliphatic heterocycles. The van der Waals surface area contributed by atoms with Gasteiger partial charge >= 0.3 is 5.97 Å². The van der Waals surface area contributed by atoms with Gasteiger partial charge in [-0.25, -0.2) is 4.79 Å². The Balaban J connectivity index is 1.47. The minimum Gasteiger partial charge on any atom is -0.449 e. The Morgan fingerprint density at radius 2 is 2.12 bits per heavy atom. The molecule has 0 spiro atoms. The number of fused-ring (bicyclic) bond motifs is 3. The van der Waals surface area contributed by atoms with Gasteiger partial charge in [0.2, 0.25) is 5.91 Å². The van der Waals surface area contributed by atoms with Crippen molar-refractivity contribution in [3.8, 4) is 0 Å². The first kappa shape index (κ1) is 15.9. The number of carbonyl (C=O) groups excluding carboxylic acids is 3. The van der Waals surface area contributed by atoms with Crippen LogP contribution >= 0.6 is 0 Å². The number of hydrogen-bond donors (Lipinski definition) is 2. The summed E-state index contributed by atoms with van der Waals surface area (Å²) >= 11 is 0. The van der Waals surface area contributed by atoms with Gasteiger partial charge in [-0.05, 0) is 50.8 Å². The SMILES string of the molecule is C[C@H](OC(=O)c1ccc2c(c1)NC(=O)[C@@H]1CCCN21)C(=O)NC1CC1. The number of amides is 2. The van der Waals surface area contributed by atoms with Crippen molar-refractivity contribution in [1.29, 1.82) is 0 Å². The molecule has 0 bridgehead atoms. The van der Waals surface area contributed by atoms with E-state index in [4.69, 9.17) is 4.74 Å². The third kappa shape index (κ3) is 3.06. The van der Waals surface area contributed by atoms with Crippen molar-refractivity contribution in [3.05, 3.63) is 23.8 Å². The van der Waals surface area contributed by atoms with Gasteiger partial charge < -0.3 is 20.3 Å². The zero-order valence-corrected chi connectivity index (χ0v) is 14.1. The van der Waals surface area contributed by atoms with E-state index in [9.17, 15) is 14.4 Å². The first-order chi connectivity index (χ1) is 12.0. The Labute approximate surface area is 145 Å². The van der Waals surface area contributed by atoms with Gasteiger partial charge in [0.15, 0.2) is 6.10 Å². The lowest BCUT2D eigenvalue weighted by molar-refractivity contribution is -0.129. The van der Waals surface area contributed by atoms with E-state index in [1.165, 1.54) is 0 Å². The fourth-order valence-electron chi connectivity index (χ4n) is 3.39. The highest BCUT2D eigenvalue weighted by atomic mass is 16.5. The second-order valence-electron chi connectivity index (χ2n) is 6.90. The molecule has 132 valence electrons. The molecule has 1 aromatic rings. The van der Waals surface area contributed by atoms with Gasteiger partial charge in [0, 0.05) is 12.6 Å². The summed E-state index contributed by atoms with van der Waals surface area (Å²) in [4.78, 5) is 38.5. The molecule has 25 heavy (non-hydrogen) atoms. The summed E-state index contributed by atoms with van der Waals surface area (Å²) in [5, 5.41) is 5.68. The highest BCUT2D eigenvalue weighted by Crippen LogP contribution is 2.37. The molecule has 7 nitrogen and oxygen atoms in total. The van der Waals surface area contributed by atoms with Gasteiger partial charge in [-0.2, -0.15) is 0 Å². The van der Waals surface area contributed by atoms with Crippen LogP contribution in [0.1, 0.15) is 43.0 Å². The lowest BCUT2D eigenvalue weighted by Gasteiger charge is -2.33. The molecule has 0 aromatic heterocycles. The van der Waals surface area contributed by atoms with Crippen molar-refractivity contribution < 1.29 is 19.1 Å². The average Bonchev–Trinajstić information content (AvgIpc) is 3.25. The summed E-state index contributed by atoms with van der Waals surface area (Å²) in [6.45, 7) is 2.40. The number of anilines is 2. The molecule has 3 aliphatic rings. The summed E-state index contributed by atoms with van der Waals surface area (Å²) < 4.78 is 5.25. The normalized spacial score (nSPS) is 22.5. The summed E-state index contributed by atoms with van der Waals surface area (Å²) in [5.41, 5.74) is 1.87. The summed E-state index contributed by atoms with van der Waals surface area (Å²) in [5.74, 6) is -0.881. The molecule has 0 unspecified atom stereocenters. The fraction of sp³-hybridized carbons (Fsp3) is 0.500. The van der Waals surface area contributed by atoms with Crippen LogP contribution in [-0.2, 0) is 14.3 Å². The molecular weight excluding hydrogens is 322 g/mol. The Morgan fingerprint density at radius 1 is 1.32 bits per heavy atom. The molecule has 1 aliphatic carbocycles. The second-order valence-corrected chi connectivity index (χ2v) is 6.90. The van der Waals surface area contributed by atoms with Crippen molar-refractivity contribution in [1.82, 2.24) is 5.32 Å². The van der Waals surface area contributed by atoms with Crippen LogP contribution in [-0.4, -0.2) is 42.5 Å². The van der Waals surface area contributed by atoms with E-state index in [1.807, 2.05) is 6.07 Å². The van der Waals surface area contributed by atoms with Gasteiger partial charge in [0.25, 0.3) is 5.91 Å². The van der Waals surface area contributed by atoms with Crippen LogP contribution < -0.4 is 15.5 Å². The maximum absolute atomic E-state index is 12.3. The van der Waals surface area contributed by atoms with Gasteiger partial charge in [-0.15, -0.1) is 0 Å². The Kier molecular flexibility index (Phi) is 3.86. The van der Waals surface area contributed by atoms with Crippen LogP contribution in [0.3, 0.4) is 0 Å². The van der Waals surface area contributed by atoms with Crippen molar-refractivity contribution in [2.24, 2.45) is 0 Å². The highest BCUT2D eigenvalue weighted by Gasteiger charge is 2.36. The quantitative estimate of drug-likeness (QED) is 0.808. The number of benzene rings is 1. The molecule has 1 aromatic carbocycles. The molecule has 2 heterocycles. The lowest BCUT2D eigenvalue weighted by Crippen LogP contribution is -2.44. The number of hydrogen-bond acceptors (Lipinski definition) is 5. The molecular formula is C18H21N3O4. The number of nitrogens with zero attached hydrogens (tertiary/aromatic N) is 1. The number of esters is 1. The van der Waals surface area contributed by atoms with Gasteiger partial charge in [0.1, 0.15) is 6.04 Å². The van der Waals surface area contributed by atoms with Crippen LogP contribution in [0.2, 0.25) is 0 Å². The minimum atomic E-state index is -0.846. The van der Waals surface area contributed by atoms with E-state index in [2.05, 4.69) is 15.5 Å². The Morgan fingerprint density at radius 3 is 2.88 bits per heavy atom. The van der Waals surface area contributed by atoms with E-state index in [0.29, 0.717) is 11.3 Å². The first-order valence-electron chi connectivity index (χ1n) is 8.76. The van der Waals surface area contributed by atoms with E-state index >= 15 is 0 Å². The summed E-state index contributed by atoms with van der Waals surface area (Å²) in [6, 6.07) is 5.24. The van der Waals surface area contributed by atoms with E-state index < -0.39 is 12.1 Å². The maximum atomic E-state index is 12.3. The standard InChI is InChI=1S/C18H21N3O4/c1-10(16(22)19-12-5-6-12)25-18(24)11-4-7-14-13(9-11)20-17(23)15-3-2-8-21(14)15/h4,7,9-10,12,15H,2-3,5-6,8H2,1H3,(H,19,22)(H,20,23)/t10-,15-/m0/s1. The monoisotopic (exact) mass is 343 g/mol. The van der Waals surface area contributed by atoms with Crippen molar-refractivity contribution in [3.63, 3.8) is 0 Å². The zero-order valence-electron chi connectivity index (χ0n) is 14.1. The van der Waals surface area contributed by atoms with E-state index in [-0.39, 0.29) is 23.9 Å². The second kappa shape index (κ2) is 6.06. The molecule has 1 saturated carbocycles. The smallest absolute Gasteiger partial charge is 0.338 e. The third-order valence-electron chi connectivity index (χ3n) is 4.93. The molecule has 4 rings (SSSR count). The fourth-order valence-corrected chi connectivity index (χ4v) is 3.39. The van der Waals surface area contributed by atoms with Crippen molar-refractivity contribution in [2.75, 3.05) is 16.8 Å². The van der Waals surface area contributed by atoms with E-state index in [1.54, 1.807) is 19.1 Å². The first-order valence-corrected chi connectivity index (χ1v) is 8.76. The Bertz CT molecular complexity index is 744. The molecule has 2 atom stereocenters. The van der Waals surface area contributed by atoms with E-state index in [0.717, 1.165) is 37.9 Å². The molecule has 2 N–H and O–H groups in total. The summed E-state index contributed by atoms with van der Waals surface area (Å²) in [7, 11) is 0. The maximum Gasteiger partial charge on any atom is 0.338 e. The Hall–Kier alpha value is -2.57. The van der Waals surface area contributed by atoms with Crippen LogP contribution in [0.25, 0.3) is 0 Å². The predicted molar refractivity (Wildman–Crippen MR) is 91.5 cm³/mol. The molecule has 7 heteroatoms. The number of nitrogens with one attached hydrogen (secondary N) is 2. The van der Waals surface area contributed by atoms with Crippen LogP contribution in [0.5, 0.6) is 0 Å². The van der Waals surface area contributed by atoms with Gasteiger partial charge in [-0.3, -0.25) is 9.59 Å². The number of ether oxygens (including phenoxy) is 1. The highest BCUT2D eigenvalue weighted by molar-refractivity contribution is 6.05. The number of carbonyl (C=O) groups is 3. The molecule has 2 amide bonds. The lowest BCUT2D eigenvalue weighted by atomic mass is 10.1. The molecule has 2 fully saturated rings. The summed E-state index contributed by atoms with van der Waals surface area (Å²) in [6.07, 6.45) is 2.95. The average molecular weight is 343 g/mol. The number of rotatable bonds is 4. The minimum absolute atomic E-state index is 0.0345. The van der Waals surface area contributed by atoms with Crippen LogP contribution in [0.4, 0.5) is 11.4 Å². The predicted octanol–water partition coefficient (Wildman–Crippen LogP) is 1.43. The molecule has 0 radical (unpaired) electrons. The topological polar surface area (TPSA) is 87.7 Å². The largest absolute Gasteiger partial charge is 0.449 e.